The third-order valence-corrected chi connectivity index (χ3v) is 6.70. The Hall–Kier alpha value is -3.30. The van der Waals surface area contributed by atoms with Crippen molar-refractivity contribution in [3.8, 4) is 5.75 Å². The van der Waals surface area contributed by atoms with E-state index in [1.807, 2.05) is 24.3 Å². The minimum atomic E-state index is -1.31. The zero-order valence-electron chi connectivity index (χ0n) is 20.2. The van der Waals surface area contributed by atoms with E-state index < -0.39 is 29.2 Å². The van der Waals surface area contributed by atoms with Gasteiger partial charge in [0.25, 0.3) is 5.91 Å². The van der Waals surface area contributed by atoms with E-state index in [4.69, 9.17) is 19.6 Å². The second-order valence-electron chi connectivity index (χ2n) is 8.77. The van der Waals surface area contributed by atoms with Crippen LogP contribution in [0.4, 0.5) is 8.78 Å². The number of nitrogens with zero attached hydrogens (tertiary/aromatic N) is 1. The molecule has 0 saturated carbocycles. The highest BCUT2D eigenvalue weighted by atomic mass is 79.9. The highest BCUT2D eigenvalue weighted by molar-refractivity contribution is 9.10. The normalized spacial score (nSPS) is 18.7. The molecule has 0 bridgehead atoms. The predicted octanol–water partition coefficient (Wildman–Crippen LogP) is 4.95. The summed E-state index contributed by atoms with van der Waals surface area (Å²) in [6, 6.07) is 17.9. The number of rotatable bonds is 10. The number of amides is 1. The predicted molar refractivity (Wildman–Crippen MR) is 140 cm³/mol. The SMILES string of the molecule is C[C@H]1OC(c2ccc(OCCCO)cc2)=N[C@@]1(Cc1ccc(Br)cc1)C(=O)NCc1ccc(F)cc1F. The number of aliphatic imine (C=N–C) groups is 1. The maximum Gasteiger partial charge on any atom is 0.252 e. The molecule has 9 heteroatoms. The number of carbonyl (C=O) groups excluding carboxylic acids is 1. The van der Waals surface area contributed by atoms with Gasteiger partial charge in [0, 0.05) is 47.7 Å². The molecule has 0 radical (unpaired) electrons. The van der Waals surface area contributed by atoms with Crippen LogP contribution in [0.2, 0.25) is 0 Å². The Labute approximate surface area is 222 Å². The van der Waals surface area contributed by atoms with E-state index >= 15 is 0 Å². The molecule has 0 fully saturated rings. The average molecular weight is 573 g/mol. The van der Waals surface area contributed by atoms with Crippen LogP contribution in [0.1, 0.15) is 30.0 Å². The first-order valence-corrected chi connectivity index (χ1v) is 12.7. The Balaban J connectivity index is 1.61. The minimum absolute atomic E-state index is 0.0525. The zero-order valence-corrected chi connectivity index (χ0v) is 21.8. The van der Waals surface area contributed by atoms with Crippen LogP contribution in [0, 0.1) is 11.6 Å². The summed E-state index contributed by atoms with van der Waals surface area (Å²) in [5, 5.41) is 11.7. The Morgan fingerprint density at radius 1 is 1.14 bits per heavy atom. The molecule has 37 heavy (non-hydrogen) atoms. The molecule has 0 unspecified atom stereocenters. The number of carbonyl (C=O) groups is 1. The van der Waals surface area contributed by atoms with Crippen molar-refractivity contribution in [2.75, 3.05) is 13.2 Å². The molecule has 3 aromatic carbocycles. The number of nitrogens with one attached hydrogen (secondary N) is 1. The van der Waals surface area contributed by atoms with E-state index in [0.29, 0.717) is 30.2 Å². The van der Waals surface area contributed by atoms with Crippen LogP contribution in [0.5, 0.6) is 5.75 Å². The van der Waals surface area contributed by atoms with Gasteiger partial charge in [0.2, 0.25) is 5.90 Å². The Bertz CT molecular complexity index is 1270. The topological polar surface area (TPSA) is 80.2 Å². The standard InChI is InChI=1S/C28H27BrF2N2O4/c1-18-28(16-19-3-8-22(29)9-4-19,27(35)32-17-21-5-10-23(30)15-25(21)31)33-26(37-18)20-6-11-24(12-7-20)36-14-2-13-34/h3-12,15,18,34H,2,13-14,16-17H2,1H3,(H,32,35)/t18-,28-/m1/s1. The monoisotopic (exact) mass is 572 g/mol. The van der Waals surface area contributed by atoms with Gasteiger partial charge in [-0.2, -0.15) is 0 Å². The second kappa shape index (κ2) is 11.8. The van der Waals surface area contributed by atoms with Crippen LogP contribution in [0.3, 0.4) is 0 Å². The Morgan fingerprint density at radius 2 is 1.86 bits per heavy atom. The fourth-order valence-corrected chi connectivity index (χ4v) is 4.31. The van der Waals surface area contributed by atoms with E-state index in [-0.39, 0.29) is 25.1 Å². The molecule has 0 aromatic heterocycles. The van der Waals surface area contributed by atoms with Crippen molar-refractivity contribution in [2.45, 2.75) is 38.0 Å². The molecule has 2 N–H and O–H groups in total. The fraction of sp³-hybridized carbons (Fsp3) is 0.286. The summed E-state index contributed by atoms with van der Waals surface area (Å²) in [4.78, 5) is 18.4. The van der Waals surface area contributed by atoms with E-state index in [0.717, 1.165) is 22.2 Å². The third-order valence-electron chi connectivity index (χ3n) is 6.17. The lowest BCUT2D eigenvalue weighted by molar-refractivity contribution is -0.128. The number of hydrogen-bond donors (Lipinski definition) is 2. The van der Waals surface area contributed by atoms with Gasteiger partial charge in [0.15, 0.2) is 5.54 Å². The number of hydrogen-bond acceptors (Lipinski definition) is 5. The van der Waals surface area contributed by atoms with Crippen molar-refractivity contribution in [1.29, 1.82) is 0 Å². The smallest absolute Gasteiger partial charge is 0.252 e. The maximum absolute atomic E-state index is 14.2. The lowest BCUT2D eigenvalue weighted by Crippen LogP contribution is -2.52. The van der Waals surface area contributed by atoms with Crippen LogP contribution in [0.25, 0.3) is 0 Å². The lowest BCUT2D eigenvalue weighted by atomic mass is 9.86. The van der Waals surface area contributed by atoms with E-state index in [1.165, 1.54) is 6.07 Å². The molecule has 1 amide bonds. The molecule has 3 aromatic rings. The van der Waals surface area contributed by atoms with Crippen molar-refractivity contribution in [3.63, 3.8) is 0 Å². The summed E-state index contributed by atoms with van der Waals surface area (Å²) in [5.41, 5.74) is 0.410. The average Bonchev–Trinajstić information content (AvgIpc) is 3.22. The second-order valence-corrected chi connectivity index (χ2v) is 9.69. The van der Waals surface area contributed by atoms with Gasteiger partial charge in [0.1, 0.15) is 23.5 Å². The van der Waals surface area contributed by atoms with Crippen LogP contribution in [0.15, 0.2) is 76.2 Å². The molecule has 0 spiro atoms. The van der Waals surface area contributed by atoms with Crippen LogP contribution in [-0.4, -0.2) is 41.8 Å². The number of ether oxygens (including phenoxy) is 2. The van der Waals surface area contributed by atoms with Crippen molar-refractivity contribution >= 4 is 27.7 Å². The lowest BCUT2D eigenvalue weighted by Gasteiger charge is -2.28. The highest BCUT2D eigenvalue weighted by Crippen LogP contribution is 2.33. The van der Waals surface area contributed by atoms with Gasteiger partial charge in [-0.05, 0) is 55.0 Å². The molecule has 1 heterocycles. The summed E-state index contributed by atoms with van der Waals surface area (Å²) in [6.07, 6.45) is 0.167. The van der Waals surface area contributed by atoms with E-state index in [9.17, 15) is 13.6 Å². The summed E-state index contributed by atoms with van der Waals surface area (Å²) >= 11 is 3.42. The number of aliphatic hydroxyl groups excluding tert-OH is 1. The first-order valence-electron chi connectivity index (χ1n) is 11.9. The van der Waals surface area contributed by atoms with Crippen molar-refractivity contribution < 1.29 is 28.2 Å². The van der Waals surface area contributed by atoms with Gasteiger partial charge in [-0.25, -0.2) is 13.8 Å². The fourth-order valence-electron chi connectivity index (χ4n) is 4.05. The van der Waals surface area contributed by atoms with Gasteiger partial charge >= 0.3 is 0 Å². The van der Waals surface area contributed by atoms with Gasteiger partial charge in [0.05, 0.1) is 6.61 Å². The Kier molecular flexibility index (Phi) is 8.56. The highest BCUT2D eigenvalue weighted by Gasteiger charge is 2.50. The maximum atomic E-state index is 14.2. The number of aliphatic hydroxyl groups is 1. The first-order chi connectivity index (χ1) is 17.8. The molecule has 6 nitrogen and oxygen atoms in total. The molecule has 194 valence electrons. The summed E-state index contributed by atoms with van der Waals surface area (Å²) in [7, 11) is 0. The first kappa shape index (κ1) is 26.8. The van der Waals surface area contributed by atoms with Gasteiger partial charge in [-0.15, -0.1) is 0 Å². The quantitative estimate of drug-likeness (QED) is 0.337. The molecular weight excluding hydrogens is 546 g/mol. The van der Waals surface area contributed by atoms with Crippen LogP contribution in [-0.2, 0) is 22.5 Å². The number of halogens is 3. The third kappa shape index (κ3) is 6.34. The summed E-state index contributed by atoms with van der Waals surface area (Å²) < 4.78 is 40.1. The summed E-state index contributed by atoms with van der Waals surface area (Å²) in [5.74, 6) is -0.885. The number of benzene rings is 3. The van der Waals surface area contributed by atoms with Crippen molar-refractivity contribution in [2.24, 2.45) is 4.99 Å². The molecule has 4 rings (SSSR count). The van der Waals surface area contributed by atoms with Crippen LogP contribution < -0.4 is 10.1 Å². The molecule has 2 atom stereocenters. The van der Waals surface area contributed by atoms with Crippen molar-refractivity contribution in [1.82, 2.24) is 5.32 Å². The van der Waals surface area contributed by atoms with Gasteiger partial charge < -0.3 is 19.9 Å². The molecule has 0 aliphatic carbocycles. The Morgan fingerprint density at radius 3 is 2.54 bits per heavy atom. The van der Waals surface area contributed by atoms with Gasteiger partial charge in [-0.3, -0.25) is 4.79 Å². The van der Waals surface area contributed by atoms with Gasteiger partial charge in [-0.1, -0.05) is 34.1 Å². The zero-order chi connectivity index (χ0) is 26.4. The minimum Gasteiger partial charge on any atom is -0.494 e. The van der Waals surface area contributed by atoms with E-state index in [1.54, 1.807) is 31.2 Å². The summed E-state index contributed by atoms with van der Waals surface area (Å²) in [6.45, 7) is 2.11. The van der Waals surface area contributed by atoms with Crippen molar-refractivity contribution in [3.05, 3.63) is 99.5 Å². The van der Waals surface area contributed by atoms with E-state index in [2.05, 4.69) is 21.2 Å². The molecule has 1 aliphatic heterocycles. The molecule has 1 aliphatic rings. The van der Waals surface area contributed by atoms with Crippen LogP contribution >= 0.6 is 15.9 Å². The largest absolute Gasteiger partial charge is 0.494 e. The molecule has 0 saturated heterocycles. The molecular formula is C28H27BrF2N2O4.